The number of ether oxygens (including phenoxy) is 2. The standard InChI is InChI=1S/C20H16N2O5/c1-2-26-20(25)14-10-22-19(24)17-13(9-16(23)27-18(14)17)11-5-6-15-12(8-11)4-3-7-21-15/h3-8,10,13H,2,9H2,1H3,(H,22,24)/t13-/m0/s1. The van der Waals surface area contributed by atoms with Crippen molar-refractivity contribution < 1.29 is 19.1 Å². The minimum atomic E-state index is -0.652. The van der Waals surface area contributed by atoms with Crippen molar-refractivity contribution in [1.82, 2.24) is 9.97 Å². The highest BCUT2D eigenvalue weighted by atomic mass is 16.5. The van der Waals surface area contributed by atoms with Crippen LogP contribution in [0.2, 0.25) is 0 Å². The summed E-state index contributed by atoms with van der Waals surface area (Å²) in [6, 6.07) is 9.30. The lowest BCUT2D eigenvalue weighted by Gasteiger charge is -2.25. The largest absolute Gasteiger partial charge is 0.462 e. The molecule has 27 heavy (non-hydrogen) atoms. The van der Waals surface area contributed by atoms with Gasteiger partial charge in [-0.1, -0.05) is 12.1 Å². The Balaban J connectivity index is 1.89. The van der Waals surface area contributed by atoms with E-state index in [1.165, 1.54) is 6.20 Å². The van der Waals surface area contributed by atoms with Crippen LogP contribution in [-0.2, 0) is 9.53 Å². The third kappa shape index (κ3) is 2.97. The number of nitrogens with zero attached hydrogens (tertiary/aromatic N) is 1. The molecular formula is C20H16N2O5. The molecule has 7 heteroatoms. The van der Waals surface area contributed by atoms with Crippen LogP contribution >= 0.6 is 0 Å². The van der Waals surface area contributed by atoms with Crippen molar-refractivity contribution in [1.29, 1.82) is 0 Å². The van der Waals surface area contributed by atoms with E-state index in [1.807, 2.05) is 30.3 Å². The molecule has 0 saturated heterocycles. The normalized spacial score (nSPS) is 15.9. The molecule has 7 nitrogen and oxygen atoms in total. The molecule has 0 amide bonds. The number of hydrogen-bond donors (Lipinski definition) is 1. The molecule has 0 saturated carbocycles. The molecule has 0 aliphatic carbocycles. The Bertz CT molecular complexity index is 1120. The Hall–Kier alpha value is -3.48. The van der Waals surface area contributed by atoms with Gasteiger partial charge >= 0.3 is 11.9 Å². The molecule has 136 valence electrons. The van der Waals surface area contributed by atoms with Crippen LogP contribution in [0.4, 0.5) is 0 Å². The average Bonchev–Trinajstić information content (AvgIpc) is 2.67. The van der Waals surface area contributed by atoms with Gasteiger partial charge in [-0.05, 0) is 30.7 Å². The van der Waals surface area contributed by atoms with Crippen LogP contribution in [0.5, 0.6) is 5.75 Å². The first-order valence-corrected chi connectivity index (χ1v) is 8.56. The summed E-state index contributed by atoms with van der Waals surface area (Å²) < 4.78 is 10.3. The summed E-state index contributed by atoms with van der Waals surface area (Å²) in [5, 5.41) is 0.897. The molecule has 1 aliphatic heterocycles. The number of carbonyl (C=O) groups is 2. The van der Waals surface area contributed by atoms with Crippen LogP contribution in [0.25, 0.3) is 10.9 Å². The zero-order valence-electron chi connectivity index (χ0n) is 14.5. The molecule has 1 aliphatic rings. The number of carbonyl (C=O) groups excluding carboxylic acids is 2. The van der Waals surface area contributed by atoms with Gasteiger partial charge in [0.2, 0.25) is 0 Å². The van der Waals surface area contributed by atoms with Crippen molar-refractivity contribution >= 4 is 22.8 Å². The summed E-state index contributed by atoms with van der Waals surface area (Å²) in [6.45, 7) is 1.84. The fourth-order valence-corrected chi connectivity index (χ4v) is 3.34. The first kappa shape index (κ1) is 17.0. The van der Waals surface area contributed by atoms with Crippen LogP contribution in [-0.4, -0.2) is 28.5 Å². The number of nitrogens with one attached hydrogen (secondary N) is 1. The summed E-state index contributed by atoms with van der Waals surface area (Å²) >= 11 is 0. The fourth-order valence-electron chi connectivity index (χ4n) is 3.34. The van der Waals surface area contributed by atoms with Gasteiger partial charge in [0.15, 0.2) is 5.75 Å². The maximum Gasteiger partial charge on any atom is 0.343 e. The lowest BCUT2D eigenvalue weighted by Crippen LogP contribution is -2.30. The number of H-pyrrole nitrogens is 1. The lowest BCUT2D eigenvalue weighted by molar-refractivity contribution is -0.135. The van der Waals surface area contributed by atoms with E-state index in [2.05, 4.69) is 9.97 Å². The SMILES string of the molecule is CCOC(=O)c1c[nH]c(=O)c2c1OC(=O)C[C@H]2c1ccc2ncccc2c1. The number of aromatic amines is 1. The van der Waals surface area contributed by atoms with E-state index >= 15 is 0 Å². The molecular weight excluding hydrogens is 348 g/mol. The van der Waals surface area contributed by atoms with Gasteiger partial charge in [0.1, 0.15) is 5.56 Å². The zero-order valence-corrected chi connectivity index (χ0v) is 14.5. The molecule has 2 aromatic heterocycles. The van der Waals surface area contributed by atoms with Gasteiger partial charge < -0.3 is 14.5 Å². The van der Waals surface area contributed by atoms with E-state index in [0.717, 1.165) is 16.5 Å². The van der Waals surface area contributed by atoms with Crippen molar-refractivity contribution in [3.8, 4) is 5.75 Å². The minimum absolute atomic E-state index is 0.00806. The quantitative estimate of drug-likeness (QED) is 0.717. The average molecular weight is 364 g/mol. The molecule has 0 unspecified atom stereocenters. The Morgan fingerprint density at radius 1 is 1.33 bits per heavy atom. The zero-order chi connectivity index (χ0) is 19.0. The summed E-state index contributed by atoms with van der Waals surface area (Å²) in [6.07, 6.45) is 2.93. The predicted octanol–water partition coefficient (Wildman–Crippen LogP) is 2.54. The highest BCUT2D eigenvalue weighted by molar-refractivity contribution is 5.95. The van der Waals surface area contributed by atoms with Crippen molar-refractivity contribution in [3.05, 3.63) is 69.8 Å². The van der Waals surface area contributed by atoms with Crippen LogP contribution in [0.15, 0.2) is 47.5 Å². The second-order valence-electron chi connectivity index (χ2n) is 6.18. The minimum Gasteiger partial charge on any atom is -0.462 e. The molecule has 0 fully saturated rings. The smallest absolute Gasteiger partial charge is 0.343 e. The first-order valence-electron chi connectivity index (χ1n) is 8.56. The first-order chi connectivity index (χ1) is 13.1. The maximum atomic E-state index is 12.5. The monoisotopic (exact) mass is 364 g/mol. The molecule has 0 bridgehead atoms. The highest BCUT2D eigenvalue weighted by Gasteiger charge is 2.34. The third-order valence-electron chi connectivity index (χ3n) is 4.54. The number of rotatable bonds is 3. The number of fused-ring (bicyclic) bond motifs is 2. The molecule has 0 radical (unpaired) electrons. The van der Waals surface area contributed by atoms with Crippen LogP contribution in [0.3, 0.4) is 0 Å². The van der Waals surface area contributed by atoms with Gasteiger partial charge in [-0.25, -0.2) is 4.79 Å². The molecule has 1 N–H and O–H groups in total. The lowest BCUT2D eigenvalue weighted by atomic mass is 9.86. The number of benzene rings is 1. The van der Waals surface area contributed by atoms with Gasteiger partial charge in [0, 0.05) is 23.7 Å². The Morgan fingerprint density at radius 3 is 3.00 bits per heavy atom. The van der Waals surface area contributed by atoms with Crippen molar-refractivity contribution in [3.63, 3.8) is 0 Å². The number of esters is 2. The molecule has 4 rings (SSSR count). The predicted molar refractivity (Wildman–Crippen MR) is 96.9 cm³/mol. The topological polar surface area (TPSA) is 98.4 Å². The number of aromatic nitrogens is 2. The second-order valence-corrected chi connectivity index (χ2v) is 6.18. The van der Waals surface area contributed by atoms with Gasteiger partial charge in [0.25, 0.3) is 5.56 Å². The summed E-state index contributed by atoms with van der Waals surface area (Å²) in [4.78, 5) is 43.8. The molecule has 0 spiro atoms. The molecule has 3 aromatic rings. The van der Waals surface area contributed by atoms with E-state index in [0.29, 0.717) is 0 Å². The third-order valence-corrected chi connectivity index (χ3v) is 4.54. The van der Waals surface area contributed by atoms with E-state index in [4.69, 9.17) is 9.47 Å². The summed E-state index contributed by atoms with van der Waals surface area (Å²) in [5.74, 6) is -1.70. The van der Waals surface area contributed by atoms with Gasteiger partial charge in [0.05, 0.1) is 24.1 Å². The maximum absolute atomic E-state index is 12.5. The Morgan fingerprint density at radius 2 is 2.19 bits per heavy atom. The van der Waals surface area contributed by atoms with Crippen LogP contribution in [0.1, 0.15) is 40.7 Å². The van der Waals surface area contributed by atoms with E-state index in [-0.39, 0.29) is 29.9 Å². The van der Waals surface area contributed by atoms with Crippen LogP contribution < -0.4 is 10.3 Å². The van der Waals surface area contributed by atoms with Gasteiger partial charge in [-0.2, -0.15) is 0 Å². The Kier molecular flexibility index (Phi) is 4.19. The van der Waals surface area contributed by atoms with E-state index in [9.17, 15) is 14.4 Å². The summed E-state index contributed by atoms with van der Waals surface area (Å²) in [5.41, 5.74) is 1.48. The number of hydrogen-bond acceptors (Lipinski definition) is 6. The molecule has 3 heterocycles. The molecule has 1 atom stereocenters. The van der Waals surface area contributed by atoms with Crippen molar-refractivity contribution in [2.75, 3.05) is 6.61 Å². The fraction of sp³-hybridized carbons (Fsp3) is 0.200. The molecule has 1 aromatic carbocycles. The van der Waals surface area contributed by atoms with E-state index in [1.54, 1.807) is 13.1 Å². The van der Waals surface area contributed by atoms with Crippen molar-refractivity contribution in [2.24, 2.45) is 0 Å². The van der Waals surface area contributed by atoms with E-state index < -0.39 is 23.4 Å². The number of pyridine rings is 2. The Labute approximate surface area is 154 Å². The van der Waals surface area contributed by atoms with Crippen LogP contribution in [0, 0.1) is 0 Å². The van der Waals surface area contributed by atoms with Gasteiger partial charge in [-0.15, -0.1) is 0 Å². The highest BCUT2D eigenvalue weighted by Crippen LogP contribution is 2.39. The van der Waals surface area contributed by atoms with Crippen molar-refractivity contribution in [2.45, 2.75) is 19.3 Å². The summed E-state index contributed by atoms with van der Waals surface area (Å²) in [7, 11) is 0. The second kappa shape index (κ2) is 6.68. The van der Waals surface area contributed by atoms with Gasteiger partial charge in [-0.3, -0.25) is 14.6 Å².